The smallest absolute Gasteiger partial charge is 0.339 e. The first-order valence-electron chi connectivity index (χ1n) is 9.92. The molecule has 1 fully saturated rings. The highest BCUT2D eigenvalue weighted by molar-refractivity contribution is 5.98. The maximum absolute atomic E-state index is 12.8. The summed E-state index contributed by atoms with van der Waals surface area (Å²) in [5, 5.41) is 6.35. The van der Waals surface area contributed by atoms with E-state index in [2.05, 4.69) is 10.5 Å². The Morgan fingerprint density at radius 3 is 2.48 bits per heavy atom. The molecule has 0 spiro atoms. The quantitative estimate of drug-likeness (QED) is 0.612. The zero-order valence-electron chi connectivity index (χ0n) is 16.9. The Balaban J connectivity index is 1.51. The zero-order valence-corrected chi connectivity index (χ0v) is 16.9. The van der Waals surface area contributed by atoms with E-state index >= 15 is 0 Å². The van der Waals surface area contributed by atoms with Crippen molar-refractivity contribution in [1.29, 1.82) is 0 Å². The molecule has 3 aromatic rings. The Hall–Kier alpha value is -3.94. The van der Waals surface area contributed by atoms with Gasteiger partial charge in [0.25, 0.3) is 5.91 Å². The van der Waals surface area contributed by atoms with E-state index in [1.165, 1.54) is 0 Å². The molecule has 1 atom stereocenters. The van der Waals surface area contributed by atoms with Crippen molar-refractivity contribution in [2.45, 2.75) is 25.9 Å². The van der Waals surface area contributed by atoms with Gasteiger partial charge in [-0.25, -0.2) is 4.79 Å². The summed E-state index contributed by atoms with van der Waals surface area (Å²) in [7, 11) is 0. The number of ether oxygens (including phenoxy) is 1. The maximum atomic E-state index is 12.8. The molecule has 158 valence electrons. The Bertz CT molecular complexity index is 1090. The van der Waals surface area contributed by atoms with Crippen LogP contribution in [0.15, 0.2) is 65.2 Å². The van der Waals surface area contributed by atoms with Crippen LogP contribution in [0.4, 0.5) is 11.5 Å². The summed E-state index contributed by atoms with van der Waals surface area (Å²) in [4.78, 5) is 39.2. The van der Waals surface area contributed by atoms with Crippen LogP contribution in [0.3, 0.4) is 0 Å². The minimum atomic E-state index is -1.18. The average Bonchev–Trinajstić information content (AvgIpc) is 3.40. The lowest BCUT2D eigenvalue weighted by atomic mass is 10.1. The molecule has 0 aliphatic carbocycles. The second-order valence-electron chi connectivity index (χ2n) is 7.20. The molecule has 8 heteroatoms. The molecule has 1 aliphatic rings. The van der Waals surface area contributed by atoms with Gasteiger partial charge in [-0.2, -0.15) is 0 Å². The third-order valence-electron chi connectivity index (χ3n) is 4.93. The van der Waals surface area contributed by atoms with Gasteiger partial charge in [-0.05, 0) is 37.6 Å². The van der Waals surface area contributed by atoms with Gasteiger partial charge in [0, 0.05) is 30.3 Å². The Morgan fingerprint density at radius 2 is 1.87 bits per heavy atom. The number of hydrogen-bond donors (Lipinski definition) is 1. The largest absolute Gasteiger partial charge is 0.444 e. The summed E-state index contributed by atoms with van der Waals surface area (Å²) >= 11 is 0. The van der Waals surface area contributed by atoms with Gasteiger partial charge in [-0.3, -0.25) is 9.59 Å². The molecule has 1 unspecified atom stereocenters. The number of carbonyl (C=O) groups excluding carboxylic acids is 3. The topological polar surface area (TPSA) is 102 Å². The number of nitrogens with one attached hydrogen (secondary N) is 1. The van der Waals surface area contributed by atoms with E-state index in [0.29, 0.717) is 24.3 Å². The van der Waals surface area contributed by atoms with Crippen molar-refractivity contribution < 1.29 is 23.6 Å². The number of rotatable bonds is 6. The average molecular weight is 419 g/mol. The number of anilines is 2. The Kier molecular flexibility index (Phi) is 5.79. The SMILES string of the molecule is Cc1cc(NC(=O)C(OC(=O)c2ccc(N3CCCC3=O)cc2)c2ccccc2)no1. The standard InChI is InChI=1S/C23H21N3O5/c1-15-14-19(25-31-15)24-22(28)21(16-6-3-2-4-7-16)30-23(29)17-9-11-18(12-10-17)26-13-5-8-20(26)27/h2-4,6-7,9-12,14,21H,5,8,13H2,1H3,(H,24,25,28). The number of benzene rings is 2. The molecule has 2 aromatic carbocycles. The van der Waals surface area contributed by atoms with Gasteiger partial charge in [-0.15, -0.1) is 0 Å². The van der Waals surface area contributed by atoms with Crippen molar-refractivity contribution in [1.82, 2.24) is 5.16 Å². The number of nitrogens with zero attached hydrogens (tertiary/aromatic N) is 2. The molecule has 1 N–H and O–H groups in total. The highest BCUT2D eigenvalue weighted by Gasteiger charge is 2.27. The number of amides is 2. The van der Waals surface area contributed by atoms with Crippen LogP contribution in [0.5, 0.6) is 0 Å². The zero-order chi connectivity index (χ0) is 21.8. The van der Waals surface area contributed by atoms with Crippen LogP contribution in [0, 0.1) is 6.92 Å². The molecule has 0 radical (unpaired) electrons. The normalized spacial score (nSPS) is 14.4. The molecule has 8 nitrogen and oxygen atoms in total. The molecule has 1 saturated heterocycles. The number of carbonyl (C=O) groups is 3. The van der Waals surface area contributed by atoms with E-state index in [0.717, 1.165) is 12.1 Å². The van der Waals surface area contributed by atoms with Crippen molar-refractivity contribution in [3.05, 3.63) is 77.6 Å². The van der Waals surface area contributed by atoms with E-state index in [9.17, 15) is 14.4 Å². The fraction of sp³-hybridized carbons (Fsp3) is 0.217. The van der Waals surface area contributed by atoms with Crippen LogP contribution >= 0.6 is 0 Å². The van der Waals surface area contributed by atoms with Crippen LogP contribution in [0.1, 0.15) is 40.6 Å². The van der Waals surface area contributed by atoms with E-state index in [4.69, 9.17) is 9.26 Å². The van der Waals surface area contributed by atoms with Crippen LogP contribution in [0.25, 0.3) is 0 Å². The van der Waals surface area contributed by atoms with E-state index < -0.39 is 18.0 Å². The van der Waals surface area contributed by atoms with Gasteiger partial charge in [0.05, 0.1) is 5.56 Å². The third kappa shape index (κ3) is 4.63. The first-order chi connectivity index (χ1) is 15.0. The number of aryl methyl sites for hydroxylation is 1. The van der Waals surface area contributed by atoms with Crippen molar-refractivity contribution in [2.75, 3.05) is 16.8 Å². The van der Waals surface area contributed by atoms with E-state index in [1.54, 1.807) is 72.5 Å². The molecule has 1 aromatic heterocycles. The predicted octanol–water partition coefficient (Wildman–Crippen LogP) is 3.65. The maximum Gasteiger partial charge on any atom is 0.339 e. The molecule has 2 heterocycles. The van der Waals surface area contributed by atoms with Crippen molar-refractivity contribution in [3.8, 4) is 0 Å². The predicted molar refractivity (Wildman–Crippen MR) is 112 cm³/mol. The monoisotopic (exact) mass is 419 g/mol. The number of hydrogen-bond acceptors (Lipinski definition) is 6. The van der Waals surface area contributed by atoms with Gasteiger partial charge in [-0.1, -0.05) is 35.5 Å². The van der Waals surface area contributed by atoms with Crippen LogP contribution in [0.2, 0.25) is 0 Å². The summed E-state index contributed by atoms with van der Waals surface area (Å²) in [6, 6.07) is 16.9. The van der Waals surface area contributed by atoms with Crippen LogP contribution < -0.4 is 10.2 Å². The number of esters is 1. The van der Waals surface area contributed by atoms with Crippen molar-refractivity contribution in [2.24, 2.45) is 0 Å². The van der Waals surface area contributed by atoms with Crippen LogP contribution in [-0.4, -0.2) is 29.5 Å². The van der Waals surface area contributed by atoms with Crippen molar-refractivity contribution >= 4 is 29.3 Å². The van der Waals surface area contributed by atoms with Gasteiger partial charge < -0.3 is 19.5 Å². The van der Waals surface area contributed by atoms with Crippen LogP contribution in [-0.2, 0) is 14.3 Å². The third-order valence-corrected chi connectivity index (χ3v) is 4.93. The lowest BCUT2D eigenvalue weighted by Crippen LogP contribution is -2.26. The molecular formula is C23H21N3O5. The lowest BCUT2D eigenvalue weighted by Gasteiger charge is -2.18. The first kappa shape index (κ1) is 20.3. The minimum Gasteiger partial charge on any atom is -0.444 e. The molecule has 0 saturated carbocycles. The van der Waals surface area contributed by atoms with E-state index in [1.807, 2.05) is 0 Å². The summed E-state index contributed by atoms with van der Waals surface area (Å²) in [5.74, 6) is -0.356. The fourth-order valence-corrected chi connectivity index (χ4v) is 3.39. The minimum absolute atomic E-state index is 0.0687. The van der Waals surface area contributed by atoms with Gasteiger partial charge in [0.1, 0.15) is 5.76 Å². The van der Waals surface area contributed by atoms with E-state index in [-0.39, 0.29) is 17.3 Å². The summed E-state index contributed by atoms with van der Waals surface area (Å²) in [6.07, 6.45) is 0.176. The van der Waals surface area contributed by atoms with Gasteiger partial charge >= 0.3 is 5.97 Å². The first-order valence-corrected chi connectivity index (χ1v) is 9.92. The molecule has 0 bridgehead atoms. The van der Waals surface area contributed by atoms with Crippen molar-refractivity contribution in [3.63, 3.8) is 0 Å². The highest BCUT2D eigenvalue weighted by atomic mass is 16.5. The summed E-state index contributed by atoms with van der Waals surface area (Å²) < 4.78 is 10.5. The molecule has 2 amide bonds. The lowest BCUT2D eigenvalue weighted by molar-refractivity contribution is -0.125. The second kappa shape index (κ2) is 8.83. The molecular weight excluding hydrogens is 398 g/mol. The summed E-state index contributed by atoms with van der Waals surface area (Å²) in [5.41, 5.74) is 1.53. The molecule has 1 aliphatic heterocycles. The number of aromatic nitrogens is 1. The van der Waals surface area contributed by atoms with Gasteiger partial charge in [0.15, 0.2) is 5.82 Å². The molecule has 31 heavy (non-hydrogen) atoms. The Morgan fingerprint density at radius 1 is 1.13 bits per heavy atom. The fourth-order valence-electron chi connectivity index (χ4n) is 3.39. The highest BCUT2D eigenvalue weighted by Crippen LogP contribution is 2.24. The summed E-state index contributed by atoms with van der Waals surface area (Å²) in [6.45, 7) is 2.37. The second-order valence-corrected chi connectivity index (χ2v) is 7.20. The Labute approximate surface area is 178 Å². The molecule has 4 rings (SSSR count). The van der Waals surface area contributed by atoms with Gasteiger partial charge in [0.2, 0.25) is 12.0 Å².